The van der Waals surface area contributed by atoms with E-state index in [0.717, 1.165) is 12.6 Å². The van der Waals surface area contributed by atoms with Crippen molar-refractivity contribution in [2.24, 2.45) is 11.8 Å². The van der Waals surface area contributed by atoms with Gasteiger partial charge in [0.05, 0.1) is 19.0 Å². The van der Waals surface area contributed by atoms with Gasteiger partial charge in [0.1, 0.15) is 12.6 Å². The van der Waals surface area contributed by atoms with Gasteiger partial charge in [0.2, 0.25) is 0 Å². The molecule has 0 amide bonds. The second-order valence-corrected chi connectivity index (χ2v) is 3.85. The first-order valence-corrected chi connectivity index (χ1v) is 5.27. The van der Waals surface area contributed by atoms with Gasteiger partial charge in [-0.3, -0.25) is 0 Å². The zero-order chi connectivity index (χ0) is 12.6. The van der Waals surface area contributed by atoms with Crippen molar-refractivity contribution in [1.29, 1.82) is 0 Å². The summed E-state index contributed by atoms with van der Waals surface area (Å²) in [6.45, 7) is 3.58. The van der Waals surface area contributed by atoms with Crippen LogP contribution in [0.25, 0.3) is 0 Å². The first-order chi connectivity index (χ1) is 7.58. The van der Waals surface area contributed by atoms with Crippen molar-refractivity contribution in [3.8, 4) is 0 Å². The van der Waals surface area contributed by atoms with E-state index in [1.165, 1.54) is 7.11 Å². The van der Waals surface area contributed by atoms with Crippen molar-refractivity contribution in [2.45, 2.75) is 26.4 Å². The summed E-state index contributed by atoms with van der Waals surface area (Å²) in [4.78, 5) is 21.2. The highest BCUT2D eigenvalue weighted by Crippen LogP contribution is 2.15. The molecule has 0 radical (unpaired) electrons. The highest BCUT2D eigenvalue weighted by molar-refractivity contribution is 5.55. The molecule has 0 aromatic carbocycles. The molecule has 0 aliphatic carbocycles. The Bertz CT molecular complexity index is 247. The van der Waals surface area contributed by atoms with E-state index in [2.05, 4.69) is 0 Å². The van der Waals surface area contributed by atoms with Crippen LogP contribution in [0.3, 0.4) is 0 Å². The molecule has 92 valence electrons. The van der Waals surface area contributed by atoms with E-state index < -0.39 is 0 Å². The second-order valence-electron chi connectivity index (χ2n) is 3.85. The molecule has 0 aliphatic heterocycles. The van der Waals surface area contributed by atoms with Crippen molar-refractivity contribution in [3.63, 3.8) is 0 Å². The number of ether oxygens (including phenoxy) is 2. The first kappa shape index (κ1) is 14.8. The Morgan fingerprint density at radius 2 is 1.81 bits per heavy atom. The molecule has 3 unspecified atom stereocenters. The minimum absolute atomic E-state index is 0.102. The Morgan fingerprint density at radius 3 is 2.19 bits per heavy atom. The third-order valence-corrected chi connectivity index (χ3v) is 2.37. The quantitative estimate of drug-likeness (QED) is 0.467. The van der Waals surface area contributed by atoms with E-state index in [9.17, 15) is 9.59 Å². The maximum absolute atomic E-state index is 10.6. The largest absolute Gasteiger partial charge is 0.501 e. The Labute approximate surface area is 96.6 Å². The average molecular weight is 228 g/mol. The van der Waals surface area contributed by atoms with Gasteiger partial charge in [0.25, 0.3) is 0 Å². The van der Waals surface area contributed by atoms with Crippen LogP contribution in [0.15, 0.2) is 11.8 Å². The number of hydrogen-bond acceptors (Lipinski definition) is 4. The number of hydrogen-bond donors (Lipinski definition) is 0. The number of carbonyl (C=O) groups is 2. The molecule has 4 nitrogen and oxygen atoms in total. The zero-order valence-electron chi connectivity index (χ0n) is 10.3. The topological polar surface area (TPSA) is 52.6 Å². The summed E-state index contributed by atoms with van der Waals surface area (Å²) < 4.78 is 10.3. The lowest BCUT2D eigenvalue weighted by molar-refractivity contribution is -0.113. The molecule has 0 aromatic rings. The third kappa shape index (κ3) is 5.07. The van der Waals surface area contributed by atoms with Gasteiger partial charge in [-0.15, -0.1) is 0 Å². The monoisotopic (exact) mass is 228 g/mol. The minimum Gasteiger partial charge on any atom is -0.501 e. The van der Waals surface area contributed by atoms with Crippen LogP contribution in [0.4, 0.5) is 0 Å². The summed E-state index contributed by atoms with van der Waals surface area (Å²) in [7, 11) is 3.08. The van der Waals surface area contributed by atoms with Crippen molar-refractivity contribution in [3.05, 3.63) is 11.8 Å². The van der Waals surface area contributed by atoms with Gasteiger partial charge in [-0.2, -0.15) is 0 Å². The number of aldehydes is 2. The minimum atomic E-state index is -0.314. The van der Waals surface area contributed by atoms with E-state index in [1.54, 1.807) is 20.1 Å². The van der Waals surface area contributed by atoms with E-state index in [1.807, 2.05) is 6.92 Å². The van der Waals surface area contributed by atoms with Crippen molar-refractivity contribution in [1.82, 2.24) is 0 Å². The molecule has 0 spiro atoms. The summed E-state index contributed by atoms with van der Waals surface area (Å²) in [6.07, 6.45) is 3.66. The Balaban J connectivity index is 4.62. The molecule has 0 aliphatic rings. The normalized spacial score (nSPS) is 17.4. The van der Waals surface area contributed by atoms with Crippen LogP contribution in [0.2, 0.25) is 0 Å². The summed E-state index contributed by atoms with van der Waals surface area (Å²) in [5.74, 6) is 0.331. The predicted molar refractivity (Wildman–Crippen MR) is 61.0 cm³/mol. The molecule has 0 saturated carbocycles. The van der Waals surface area contributed by atoms with E-state index >= 15 is 0 Å². The summed E-state index contributed by atoms with van der Waals surface area (Å²) in [5, 5.41) is 0. The van der Waals surface area contributed by atoms with Crippen LogP contribution in [0, 0.1) is 11.8 Å². The molecular formula is C12H20O4. The van der Waals surface area contributed by atoms with Crippen molar-refractivity contribution < 1.29 is 19.1 Å². The fraction of sp³-hybridized carbons (Fsp3) is 0.667. The van der Waals surface area contributed by atoms with Crippen LogP contribution in [0.5, 0.6) is 0 Å². The Morgan fingerprint density at radius 1 is 1.19 bits per heavy atom. The predicted octanol–water partition coefficient (Wildman–Crippen LogP) is 1.59. The van der Waals surface area contributed by atoms with Crippen LogP contribution in [-0.2, 0) is 19.1 Å². The van der Waals surface area contributed by atoms with Crippen molar-refractivity contribution in [2.75, 3.05) is 14.2 Å². The van der Waals surface area contributed by atoms with Gasteiger partial charge in [0.15, 0.2) is 0 Å². The highest BCUT2D eigenvalue weighted by atomic mass is 16.5. The maximum atomic E-state index is 10.6. The molecular weight excluding hydrogens is 208 g/mol. The highest BCUT2D eigenvalue weighted by Gasteiger charge is 2.15. The van der Waals surface area contributed by atoms with Crippen LogP contribution >= 0.6 is 0 Å². The van der Waals surface area contributed by atoms with Gasteiger partial charge >= 0.3 is 0 Å². The third-order valence-electron chi connectivity index (χ3n) is 2.37. The molecule has 0 N–H and O–H groups in total. The summed E-state index contributed by atoms with van der Waals surface area (Å²) in [6, 6.07) is 0. The molecule has 3 atom stereocenters. The molecule has 0 bridgehead atoms. The van der Waals surface area contributed by atoms with Crippen LogP contribution in [0.1, 0.15) is 20.3 Å². The van der Waals surface area contributed by atoms with E-state index in [0.29, 0.717) is 12.2 Å². The van der Waals surface area contributed by atoms with Gasteiger partial charge in [-0.25, -0.2) is 0 Å². The number of allylic oxidation sites excluding steroid dienone is 1. The molecule has 16 heavy (non-hydrogen) atoms. The molecule has 0 saturated heterocycles. The summed E-state index contributed by atoms with van der Waals surface area (Å²) in [5.41, 5.74) is 0. The lowest BCUT2D eigenvalue weighted by Crippen LogP contribution is -2.20. The molecule has 0 fully saturated rings. The maximum Gasteiger partial charge on any atom is 0.125 e. The summed E-state index contributed by atoms with van der Waals surface area (Å²) >= 11 is 0. The van der Waals surface area contributed by atoms with Crippen LogP contribution < -0.4 is 0 Å². The van der Waals surface area contributed by atoms with Gasteiger partial charge in [-0.1, -0.05) is 13.8 Å². The zero-order valence-corrected chi connectivity index (χ0v) is 10.3. The number of methoxy groups -OCH3 is 2. The Hall–Kier alpha value is -1.16. The fourth-order valence-electron chi connectivity index (χ4n) is 1.28. The van der Waals surface area contributed by atoms with Gasteiger partial charge < -0.3 is 19.1 Å². The second kappa shape index (κ2) is 8.05. The molecule has 4 heteroatoms. The molecule has 0 aromatic heterocycles. The fourth-order valence-corrected chi connectivity index (χ4v) is 1.28. The van der Waals surface area contributed by atoms with Crippen molar-refractivity contribution >= 4 is 12.6 Å². The van der Waals surface area contributed by atoms with Crippen LogP contribution in [-0.4, -0.2) is 32.9 Å². The Kier molecular flexibility index (Phi) is 7.46. The van der Waals surface area contributed by atoms with Gasteiger partial charge in [0, 0.05) is 25.4 Å². The first-order valence-electron chi connectivity index (χ1n) is 5.27. The number of carbonyl (C=O) groups excluding carboxylic acids is 2. The van der Waals surface area contributed by atoms with E-state index in [-0.39, 0.29) is 17.9 Å². The standard InChI is InChI=1S/C12H20O4/c1-9(7-13)5-11(15-3)6-12(16-4)10(2)8-14/h6-10,12H,5H2,1-4H3/b11-6-. The van der Waals surface area contributed by atoms with E-state index in [4.69, 9.17) is 9.47 Å². The lowest BCUT2D eigenvalue weighted by Gasteiger charge is -2.16. The number of rotatable bonds is 8. The smallest absolute Gasteiger partial charge is 0.125 e. The molecule has 0 rings (SSSR count). The molecule has 0 heterocycles. The lowest BCUT2D eigenvalue weighted by atomic mass is 10.0. The van der Waals surface area contributed by atoms with Gasteiger partial charge in [-0.05, 0) is 6.08 Å². The SMILES string of the molecule is CO/C(=C\C(OC)C(C)C=O)CC(C)C=O. The average Bonchev–Trinajstić information content (AvgIpc) is 2.32.